The Balaban J connectivity index is 2.08. The lowest BCUT2D eigenvalue weighted by Gasteiger charge is -2.05. The third-order valence-electron chi connectivity index (χ3n) is 2.61. The van der Waals surface area contributed by atoms with Gasteiger partial charge in [0.05, 0.1) is 18.4 Å². The first-order valence-corrected chi connectivity index (χ1v) is 6.95. The Kier molecular flexibility index (Phi) is 4.90. The molecule has 5 heteroatoms. The van der Waals surface area contributed by atoms with Crippen molar-refractivity contribution in [2.24, 2.45) is 0 Å². The lowest BCUT2D eigenvalue weighted by Crippen LogP contribution is -2.07. The Bertz CT molecular complexity index is 614. The van der Waals surface area contributed by atoms with E-state index in [1.165, 1.54) is 18.9 Å². The van der Waals surface area contributed by atoms with Crippen molar-refractivity contribution >= 4 is 23.5 Å². The molecule has 0 aliphatic carbocycles. The minimum absolute atomic E-state index is 0.00271. The van der Waals surface area contributed by atoms with Crippen LogP contribution in [0.1, 0.15) is 20.7 Å². The standard InChI is InChI=1S/C15H13NO3S/c1-19-15(18)12-8-5-9-16-14(12)20-10-13(17)11-6-3-2-4-7-11/h2-9H,10H2,1H3. The fourth-order valence-electron chi connectivity index (χ4n) is 1.61. The maximum Gasteiger partial charge on any atom is 0.340 e. The first kappa shape index (κ1) is 14.3. The number of carbonyl (C=O) groups excluding carboxylic acids is 2. The zero-order valence-corrected chi connectivity index (χ0v) is 11.7. The molecule has 0 amide bonds. The summed E-state index contributed by atoms with van der Waals surface area (Å²) >= 11 is 1.23. The largest absolute Gasteiger partial charge is 0.465 e. The first-order valence-electron chi connectivity index (χ1n) is 5.96. The topological polar surface area (TPSA) is 56.3 Å². The summed E-state index contributed by atoms with van der Waals surface area (Å²) in [6.07, 6.45) is 1.59. The summed E-state index contributed by atoms with van der Waals surface area (Å²) in [5.41, 5.74) is 1.02. The average Bonchev–Trinajstić information content (AvgIpc) is 2.53. The summed E-state index contributed by atoms with van der Waals surface area (Å²) in [7, 11) is 1.32. The fraction of sp³-hybridized carbons (Fsp3) is 0.133. The molecule has 0 fully saturated rings. The molecule has 0 aliphatic heterocycles. The predicted octanol–water partition coefficient (Wildman–Crippen LogP) is 2.84. The number of pyridine rings is 1. The van der Waals surface area contributed by atoms with Gasteiger partial charge in [-0.15, -0.1) is 0 Å². The number of hydrogen-bond donors (Lipinski definition) is 0. The second kappa shape index (κ2) is 6.86. The molecule has 0 N–H and O–H groups in total. The minimum atomic E-state index is -0.451. The number of esters is 1. The highest BCUT2D eigenvalue weighted by Gasteiger charge is 2.14. The van der Waals surface area contributed by atoms with Crippen molar-refractivity contribution in [2.45, 2.75) is 5.03 Å². The van der Waals surface area contributed by atoms with Crippen molar-refractivity contribution in [3.63, 3.8) is 0 Å². The lowest BCUT2D eigenvalue weighted by molar-refractivity contribution is 0.0595. The van der Waals surface area contributed by atoms with Gasteiger partial charge in [-0.2, -0.15) is 0 Å². The van der Waals surface area contributed by atoms with Gasteiger partial charge in [-0.05, 0) is 12.1 Å². The molecule has 20 heavy (non-hydrogen) atoms. The lowest BCUT2D eigenvalue weighted by atomic mass is 10.2. The van der Waals surface area contributed by atoms with Crippen molar-refractivity contribution < 1.29 is 14.3 Å². The number of Topliss-reactive ketones (excluding diaryl/α,β-unsaturated/α-hetero) is 1. The van der Waals surface area contributed by atoms with Crippen LogP contribution in [0.4, 0.5) is 0 Å². The van der Waals surface area contributed by atoms with Crippen molar-refractivity contribution in [3.8, 4) is 0 Å². The van der Waals surface area contributed by atoms with Crippen LogP contribution < -0.4 is 0 Å². The second-order valence-corrected chi connectivity index (χ2v) is 4.89. The van der Waals surface area contributed by atoms with Crippen LogP contribution in [0.3, 0.4) is 0 Å². The average molecular weight is 287 g/mol. The third kappa shape index (κ3) is 3.45. The zero-order chi connectivity index (χ0) is 14.4. The summed E-state index contributed by atoms with van der Waals surface area (Å²) in [5.74, 6) is -0.227. The number of carbonyl (C=O) groups is 2. The highest BCUT2D eigenvalue weighted by Crippen LogP contribution is 2.21. The molecule has 1 aromatic heterocycles. The van der Waals surface area contributed by atoms with E-state index in [1.807, 2.05) is 18.2 Å². The molecule has 2 aromatic rings. The molecule has 2 rings (SSSR count). The number of benzene rings is 1. The summed E-state index contributed by atoms with van der Waals surface area (Å²) in [6.45, 7) is 0. The number of rotatable bonds is 5. The van der Waals surface area contributed by atoms with Gasteiger partial charge in [0.1, 0.15) is 5.03 Å². The van der Waals surface area contributed by atoms with Crippen LogP contribution >= 0.6 is 11.8 Å². The number of ether oxygens (including phenoxy) is 1. The van der Waals surface area contributed by atoms with Gasteiger partial charge in [-0.25, -0.2) is 9.78 Å². The van der Waals surface area contributed by atoms with E-state index in [1.54, 1.807) is 30.5 Å². The van der Waals surface area contributed by atoms with Crippen LogP contribution in [0.25, 0.3) is 0 Å². The van der Waals surface area contributed by atoms with Crippen LogP contribution in [0.2, 0.25) is 0 Å². The molecule has 0 radical (unpaired) electrons. The highest BCUT2D eigenvalue weighted by molar-refractivity contribution is 8.00. The smallest absolute Gasteiger partial charge is 0.340 e. The Morgan fingerprint density at radius 3 is 2.60 bits per heavy atom. The van der Waals surface area contributed by atoms with Gasteiger partial charge in [-0.1, -0.05) is 42.1 Å². The van der Waals surface area contributed by atoms with Gasteiger partial charge < -0.3 is 4.74 Å². The number of nitrogens with zero attached hydrogens (tertiary/aromatic N) is 1. The number of methoxy groups -OCH3 is 1. The van der Waals surface area contributed by atoms with Crippen LogP contribution in [0.15, 0.2) is 53.7 Å². The molecule has 0 unspecified atom stereocenters. The van der Waals surface area contributed by atoms with Crippen LogP contribution in [-0.4, -0.2) is 29.6 Å². The quantitative estimate of drug-likeness (QED) is 0.481. The van der Waals surface area contributed by atoms with Gasteiger partial charge in [0.25, 0.3) is 0 Å². The maximum absolute atomic E-state index is 12.0. The van der Waals surface area contributed by atoms with Crippen LogP contribution in [-0.2, 0) is 4.74 Å². The zero-order valence-electron chi connectivity index (χ0n) is 10.9. The fourth-order valence-corrected chi connectivity index (χ4v) is 2.49. The summed E-state index contributed by atoms with van der Waals surface area (Å²) < 4.78 is 4.69. The minimum Gasteiger partial charge on any atom is -0.465 e. The molecule has 0 aliphatic rings. The molecule has 0 spiro atoms. The molecule has 1 aromatic carbocycles. The number of hydrogen-bond acceptors (Lipinski definition) is 5. The van der Waals surface area contributed by atoms with E-state index >= 15 is 0 Å². The van der Waals surface area contributed by atoms with E-state index in [9.17, 15) is 9.59 Å². The molecule has 0 saturated heterocycles. The number of thioether (sulfide) groups is 1. The normalized spacial score (nSPS) is 10.1. The molecule has 0 atom stereocenters. The maximum atomic E-state index is 12.0. The molecule has 102 valence electrons. The molecular formula is C15H13NO3S. The third-order valence-corrected chi connectivity index (χ3v) is 3.62. The molecular weight excluding hydrogens is 274 g/mol. The second-order valence-electron chi connectivity index (χ2n) is 3.93. The SMILES string of the molecule is COC(=O)c1cccnc1SCC(=O)c1ccccc1. The van der Waals surface area contributed by atoms with Crippen molar-refractivity contribution in [2.75, 3.05) is 12.9 Å². The van der Waals surface area contributed by atoms with Crippen LogP contribution in [0.5, 0.6) is 0 Å². The molecule has 4 nitrogen and oxygen atoms in total. The van der Waals surface area contributed by atoms with Gasteiger partial charge in [0.15, 0.2) is 5.78 Å². The summed E-state index contributed by atoms with van der Waals surface area (Å²) in [4.78, 5) is 27.7. The number of ketones is 1. The summed E-state index contributed by atoms with van der Waals surface area (Å²) in [6, 6.07) is 12.3. The Labute approximate surface area is 121 Å². The van der Waals surface area contributed by atoms with Gasteiger partial charge in [-0.3, -0.25) is 4.79 Å². The first-order chi connectivity index (χ1) is 9.72. The molecule has 0 saturated carbocycles. The Morgan fingerprint density at radius 1 is 1.15 bits per heavy atom. The van der Waals surface area contributed by atoms with Crippen LogP contribution in [0, 0.1) is 0 Å². The van der Waals surface area contributed by atoms with Crippen molar-refractivity contribution in [1.82, 2.24) is 4.98 Å². The summed E-state index contributed by atoms with van der Waals surface area (Å²) in [5, 5.41) is 0.503. The van der Waals surface area contributed by atoms with E-state index in [2.05, 4.69) is 4.98 Å². The van der Waals surface area contributed by atoms with Gasteiger partial charge >= 0.3 is 5.97 Å². The van der Waals surface area contributed by atoms with Crippen molar-refractivity contribution in [3.05, 3.63) is 59.8 Å². The molecule has 0 bridgehead atoms. The van der Waals surface area contributed by atoms with Crippen molar-refractivity contribution in [1.29, 1.82) is 0 Å². The number of aromatic nitrogens is 1. The van der Waals surface area contributed by atoms with E-state index in [0.717, 1.165) is 0 Å². The van der Waals surface area contributed by atoms with E-state index in [4.69, 9.17) is 4.74 Å². The van der Waals surface area contributed by atoms with E-state index in [0.29, 0.717) is 16.2 Å². The van der Waals surface area contributed by atoms with E-state index in [-0.39, 0.29) is 11.5 Å². The van der Waals surface area contributed by atoms with E-state index < -0.39 is 5.97 Å². The highest BCUT2D eigenvalue weighted by atomic mass is 32.2. The van der Waals surface area contributed by atoms with Gasteiger partial charge in [0, 0.05) is 11.8 Å². The Hall–Kier alpha value is -2.14. The Morgan fingerprint density at radius 2 is 1.90 bits per heavy atom. The predicted molar refractivity (Wildman–Crippen MR) is 77.1 cm³/mol. The monoisotopic (exact) mass is 287 g/mol. The molecule has 1 heterocycles. The van der Waals surface area contributed by atoms with Gasteiger partial charge in [0.2, 0.25) is 0 Å².